The monoisotopic (exact) mass is 200 g/mol. The Morgan fingerprint density at radius 3 is 2.79 bits per heavy atom. The molecular weight excluding hydrogens is 176 g/mol. The zero-order chi connectivity index (χ0) is 10.6. The third kappa shape index (κ3) is 2.69. The highest BCUT2D eigenvalue weighted by Gasteiger charge is 2.27. The van der Waals surface area contributed by atoms with Gasteiger partial charge in [-0.3, -0.25) is 4.90 Å². The molecule has 84 valence electrons. The van der Waals surface area contributed by atoms with Crippen LogP contribution in [0.4, 0.5) is 0 Å². The van der Waals surface area contributed by atoms with Crippen LogP contribution in [0.1, 0.15) is 27.2 Å². The first kappa shape index (κ1) is 12.0. The number of ether oxygens (including phenoxy) is 1. The van der Waals surface area contributed by atoms with E-state index in [1.165, 1.54) is 6.42 Å². The van der Waals surface area contributed by atoms with Crippen LogP contribution in [0.5, 0.6) is 0 Å². The van der Waals surface area contributed by atoms with Crippen LogP contribution in [0.15, 0.2) is 0 Å². The Balaban J connectivity index is 2.52. The van der Waals surface area contributed by atoms with Crippen molar-refractivity contribution < 1.29 is 4.74 Å². The summed E-state index contributed by atoms with van der Waals surface area (Å²) in [5.41, 5.74) is 0. The molecule has 0 aliphatic carbocycles. The molecule has 14 heavy (non-hydrogen) atoms. The SMILES string of the molecule is CCC(NC)C(C)N1CCOCC1C. The van der Waals surface area contributed by atoms with E-state index < -0.39 is 0 Å². The summed E-state index contributed by atoms with van der Waals surface area (Å²) in [6.07, 6.45) is 1.18. The minimum Gasteiger partial charge on any atom is -0.379 e. The van der Waals surface area contributed by atoms with Gasteiger partial charge in [-0.05, 0) is 27.3 Å². The molecule has 1 fully saturated rings. The third-order valence-corrected chi connectivity index (χ3v) is 3.34. The number of nitrogens with one attached hydrogen (secondary N) is 1. The van der Waals surface area contributed by atoms with Gasteiger partial charge in [0.25, 0.3) is 0 Å². The second-order valence-corrected chi connectivity index (χ2v) is 4.21. The molecule has 1 aliphatic rings. The summed E-state index contributed by atoms with van der Waals surface area (Å²) in [6.45, 7) is 9.63. The third-order valence-electron chi connectivity index (χ3n) is 3.34. The molecule has 1 aliphatic heterocycles. The van der Waals surface area contributed by atoms with Crippen LogP contribution in [-0.2, 0) is 4.74 Å². The van der Waals surface area contributed by atoms with Crippen LogP contribution in [0, 0.1) is 0 Å². The molecule has 3 heteroatoms. The fourth-order valence-electron chi connectivity index (χ4n) is 2.36. The second kappa shape index (κ2) is 5.69. The summed E-state index contributed by atoms with van der Waals surface area (Å²) < 4.78 is 5.45. The molecule has 0 bridgehead atoms. The number of hydrogen-bond donors (Lipinski definition) is 1. The van der Waals surface area contributed by atoms with Crippen LogP contribution < -0.4 is 5.32 Å². The van der Waals surface area contributed by atoms with Gasteiger partial charge < -0.3 is 10.1 Å². The highest BCUT2D eigenvalue weighted by molar-refractivity contribution is 4.84. The second-order valence-electron chi connectivity index (χ2n) is 4.21. The molecule has 1 saturated heterocycles. The maximum absolute atomic E-state index is 5.45. The van der Waals surface area contributed by atoms with Crippen molar-refractivity contribution in [1.29, 1.82) is 0 Å². The number of likely N-dealkylation sites (N-methyl/N-ethyl adjacent to an activating group) is 1. The first-order valence-electron chi connectivity index (χ1n) is 5.71. The molecule has 0 saturated carbocycles. The molecule has 3 atom stereocenters. The Kier molecular flexibility index (Phi) is 4.85. The molecule has 0 aromatic heterocycles. The van der Waals surface area contributed by atoms with Gasteiger partial charge >= 0.3 is 0 Å². The van der Waals surface area contributed by atoms with E-state index in [9.17, 15) is 0 Å². The molecule has 1 heterocycles. The summed E-state index contributed by atoms with van der Waals surface area (Å²) in [4.78, 5) is 2.55. The summed E-state index contributed by atoms with van der Waals surface area (Å²) in [7, 11) is 2.05. The van der Waals surface area contributed by atoms with E-state index in [1.54, 1.807) is 0 Å². The van der Waals surface area contributed by atoms with Crippen molar-refractivity contribution in [1.82, 2.24) is 10.2 Å². The van der Waals surface area contributed by atoms with Gasteiger partial charge in [-0.2, -0.15) is 0 Å². The van der Waals surface area contributed by atoms with Crippen molar-refractivity contribution in [2.75, 3.05) is 26.8 Å². The first-order valence-corrected chi connectivity index (χ1v) is 5.71. The van der Waals surface area contributed by atoms with Gasteiger partial charge in [-0.1, -0.05) is 6.92 Å². The van der Waals surface area contributed by atoms with Crippen molar-refractivity contribution in [2.24, 2.45) is 0 Å². The van der Waals surface area contributed by atoms with Crippen molar-refractivity contribution >= 4 is 0 Å². The average Bonchev–Trinajstić information content (AvgIpc) is 2.20. The fraction of sp³-hybridized carbons (Fsp3) is 1.00. The highest BCUT2D eigenvalue weighted by Crippen LogP contribution is 2.14. The van der Waals surface area contributed by atoms with Gasteiger partial charge in [-0.25, -0.2) is 0 Å². The van der Waals surface area contributed by atoms with Crippen LogP contribution in [0.25, 0.3) is 0 Å². The van der Waals surface area contributed by atoms with Crippen molar-refractivity contribution in [3.63, 3.8) is 0 Å². The minimum atomic E-state index is 0.557. The zero-order valence-corrected chi connectivity index (χ0v) is 9.92. The fourth-order valence-corrected chi connectivity index (χ4v) is 2.36. The van der Waals surface area contributed by atoms with Gasteiger partial charge in [-0.15, -0.1) is 0 Å². The summed E-state index contributed by atoms with van der Waals surface area (Å²) in [5.74, 6) is 0. The van der Waals surface area contributed by atoms with E-state index in [2.05, 4.69) is 38.0 Å². The van der Waals surface area contributed by atoms with Crippen LogP contribution in [-0.4, -0.2) is 49.8 Å². The van der Waals surface area contributed by atoms with Gasteiger partial charge in [0, 0.05) is 24.7 Å². The first-order chi connectivity index (χ1) is 6.70. The smallest absolute Gasteiger partial charge is 0.0619 e. The van der Waals surface area contributed by atoms with Crippen molar-refractivity contribution in [3.05, 3.63) is 0 Å². The quantitative estimate of drug-likeness (QED) is 0.735. The predicted molar refractivity (Wildman–Crippen MR) is 59.6 cm³/mol. The van der Waals surface area contributed by atoms with Crippen molar-refractivity contribution in [3.8, 4) is 0 Å². The van der Waals surface area contributed by atoms with Crippen LogP contribution >= 0.6 is 0 Å². The van der Waals surface area contributed by atoms with E-state index in [0.717, 1.165) is 19.8 Å². The average molecular weight is 200 g/mol. The molecule has 3 nitrogen and oxygen atoms in total. The van der Waals surface area contributed by atoms with Gasteiger partial charge in [0.2, 0.25) is 0 Å². The molecule has 0 amide bonds. The van der Waals surface area contributed by atoms with E-state index in [4.69, 9.17) is 4.74 Å². The van der Waals surface area contributed by atoms with Crippen LogP contribution in [0.2, 0.25) is 0 Å². The normalized spacial score (nSPS) is 28.7. The van der Waals surface area contributed by atoms with Gasteiger partial charge in [0.05, 0.1) is 13.2 Å². The highest BCUT2D eigenvalue weighted by atomic mass is 16.5. The van der Waals surface area contributed by atoms with Crippen molar-refractivity contribution in [2.45, 2.75) is 45.3 Å². The van der Waals surface area contributed by atoms with E-state index in [1.807, 2.05) is 0 Å². The van der Waals surface area contributed by atoms with E-state index in [-0.39, 0.29) is 0 Å². The lowest BCUT2D eigenvalue weighted by atomic mass is 10.0. The van der Waals surface area contributed by atoms with E-state index >= 15 is 0 Å². The Morgan fingerprint density at radius 2 is 2.29 bits per heavy atom. The zero-order valence-electron chi connectivity index (χ0n) is 9.92. The molecule has 0 aromatic carbocycles. The topological polar surface area (TPSA) is 24.5 Å². The maximum Gasteiger partial charge on any atom is 0.0619 e. The lowest BCUT2D eigenvalue weighted by Gasteiger charge is -2.41. The Labute approximate surface area is 87.8 Å². The Morgan fingerprint density at radius 1 is 1.57 bits per heavy atom. The predicted octanol–water partition coefficient (Wildman–Crippen LogP) is 1.09. The number of nitrogens with zero attached hydrogens (tertiary/aromatic N) is 1. The molecule has 3 unspecified atom stereocenters. The standard InChI is InChI=1S/C11H24N2O/c1-5-11(12-4)10(3)13-6-7-14-8-9(13)2/h9-12H,5-8H2,1-4H3. The van der Waals surface area contributed by atoms with Gasteiger partial charge in [0.15, 0.2) is 0 Å². The number of hydrogen-bond acceptors (Lipinski definition) is 3. The number of rotatable bonds is 4. The summed E-state index contributed by atoms with van der Waals surface area (Å²) >= 11 is 0. The lowest BCUT2D eigenvalue weighted by Crippen LogP contribution is -2.54. The summed E-state index contributed by atoms with van der Waals surface area (Å²) in [6, 6.07) is 1.75. The number of morpholine rings is 1. The largest absolute Gasteiger partial charge is 0.379 e. The minimum absolute atomic E-state index is 0.557. The Bertz CT molecular complexity index is 159. The molecule has 0 aromatic rings. The maximum atomic E-state index is 5.45. The Hall–Kier alpha value is -0.120. The molecule has 0 spiro atoms. The molecule has 1 rings (SSSR count). The lowest BCUT2D eigenvalue weighted by molar-refractivity contribution is -0.0254. The molecular formula is C11H24N2O. The molecule has 0 radical (unpaired) electrons. The van der Waals surface area contributed by atoms with Crippen LogP contribution in [0.3, 0.4) is 0 Å². The molecule has 1 N–H and O–H groups in total. The summed E-state index contributed by atoms with van der Waals surface area (Å²) in [5, 5.41) is 3.39. The van der Waals surface area contributed by atoms with E-state index in [0.29, 0.717) is 18.1 Å². The van der Waals surface area contributed by atoms with Gasteiger partial charge in [0.1, 0.15) is 0 Å².